The summed E-state index contributed by atoms with van der Waals surface area (Å²) in [6, 6.07) is 7.10. The summed E-state index contributed by atoms with van der Waals surface area (Å²) in [4.78, 5) is 25.2. The molecule has 11 heteroatoms. The number of benzene rings is 1. The standard InChI is InChI=1S/C26H40N6O4S/c1-7-30(8-2)25-27-18-23(32(19(3)4)37(6,34)35)24(29-25)28-20(5)17-21-11-13-22(14-12-21)36-26(33)31-15-9-10-16-31/h11-14,18-20H,7-10,15-17H2,1-6H3,(H,27,28,29)/t20-/m1/s1. The van der Waals surface area contributed by atoms with Gasteiger partial charge in [0.05, 0.1) is 12.5 Å². The number of sulfonamides is 1. The number of anilines is 3. The minimum atomic E-state index is -3.54. The first kappa shape index (κ1) is 28.5. The molecule has 3 rings (SSSR count). The van der Waals surface area contributed by atoms with Gasteiger partial charge in [-0.25, -0.2) is 18.2 Å². The molecule has 0 saturated carbocycles. The summed E-state index contributed by atoms with van der Waals surface area (Å²) in [6.07, 6.45) is 5.16. The molecule has 1 aromatic heterocycles. The van der Waals surface area contributed by atoms with Crippen molar-refractivity contribution in [1.29, 1.82) is 0 Å². The third-order valence-electron chi connectivity index (χ3n) is 6.28. The van der Waals surface area contributed by atoms with Crippen LogP contribution < -0.4 is 19.3 Å². The predicted octanol–water partition coefficient (Wildman–Crippen LogP) is 4.13. The number of nitrogens with one attached hydrogen (secondary N) is 1. The normalized spacial score (nSPS) is 14.5. The number of nitrogens with zero attached hydrogens (tertiary/aromatic N) is 5. The van der Waals surface area contributed by atoms with E-state index < -0.39 is 10.0 Å². The van der Waals surface area contributed by atoms with E-state index in [1.54, 1.807) is 23.2 Å². The second-order valence-corrected chi connectivity index (χ2v) is 11.5. The Kier molecular flexibility index (Phi) is 9.58. The highest BCUT2D eigenvalue weighted by Crippen LogP contribution is 2.30. The van der Waals surface area contributed by atoms with Crippen molar-refractivity contribution in [3.05, 3.63) is 36.0 Å². The third kappa shape index (κ3) is 7.47. The number of hydrogen-bond acceptors (Lipinski definition) is 8. The molecule has 1 fully saturated rings. The van der Waals surface area contributed by atoms with Gasteiger partial charge in [0.25, 0.3) is 0 Å². The van der Waals surface area contributed by atoms with Gasteiger partial charge in [-0.05, 0) is 71.6 Å². The van der Waals surface area contributed by atoms with Gasteiger partial charge in [0.15, 0.2) is 5.82 Å². The van der Waals surface area contributed by atoms with Crippen LogP contribution in [0, 0.1) is 0 Å². The van der Waals surface area contributed by atoms with E-state index in [4.69, 9.17) is 9.72 Å². The van der Waals surface area contributed by atoms with Gasteiger partial charge in [0, 0.05) is 38.3 Å². The van der Waals surface area contributed by atoms with Crippen LogP contribution >= 0.6 is 0 Å². The lowest BCUT2D eigenvalue weighted by Crippen LogP contribution is -2.37. The van der Waals surface area contributed by atoms with E-state index >= 15 is 0 Å². The molecule has 1 aromatic carbocycles. The first-order valence-corrected chi connectivity index (χ1v) is 14.8. The van der Waals surface area contributed by atoms with Crippen LogP contribution in [0.2, 0.25) is 0 Å². The lowest BCUT2D eigenvalue weighted by molar-refractivity contribution is 0.163. The van der Waals surface area contributed by atoms with Crippen LogP contribution in [0.1, 0.15) is 53.0 Å². The molecule has 1 amide bonds. The third-order valence-corrected chi connectivity index (χ3v) is 7.62. The van der Waals surface area contributed by atoms with Gasteiger partial charge in [0.2, 0.25) is 16.0 Å². The smallest absolute Gasteiger partial charge is 0.410 e. The molecule has 1 N–H and O–H groups in total. The minimum Gasteiger partial charge on any atom is -0.410 e. The monoisotopic (exact) mass is 532 g/mol. The highest BCUT2D eigenvalue weighted by molar-refractivity contribution is 7.92. The van der Waals surface area contributed by atoms with Crippen LogP contribution in [0.5, 0.6) is 5.75 Å². The van der Waals surface area contributed by atoms with E-state index in [1.165, 1.54) is 10.6 Å². The maximum Gasteiger partial charge on any atom is 0.415 e. The summed E-state index contributed by atoms with van der Waals surface area (Å²) in [5.41, 5.74) is 1.47. The van der Waals surface area contributed by atoms with Gasteiger partial charge in [-0.1, -0.05) is 12.1 Å². The molecule has 0 aliphatic carbocycles. The van der Waals surface area contributed by atoms with Gasteiger partial charge in [-0.15, -0.1) is 0 Å². The number of hydrogen-bond donors (Lipinski definition) is 1. The Morgan fingerprint density at radius 3 is 2.27 bits per heavy atom. The molecule has 0 radical (unpaired) electrons. The maximum atomic E-state index is 12.6. The van der Waals surface area contributed by atoms with E-state index in [2.05, 4.69) is 10.3 Å². The average molecular weight is 533 g/mol. The first-order valence-electron chi connectivity index (χ1n) is 13.0. The zero-order chi connectivity index (χ0) is 27.2. The van der Waals surface area contributed by atoms with Crippen LogP contribution in [0.25, 0.3) is 0 Å². The van der Waals surface area contributed by atoms with Crippen molar-refractivity contribution in [1.82, 2.24) is 14.9 Å². The Bertz CT molecular complexity index is 1150. The van der Waals surface area contributed by atoms with Crippen LogP contribution in [0.15, 0.2) is 30.5 Å². The van der Waals surface area contributed by atoms with Crippen molar-refractivity contribution in [3.63, 3.8) is 0 Å². The number of aromatic nitrogens is 2. The fourth-order valence-corrected chi connectivity index (χ4v) is 5.79. The largest absolute Gasteiger partial charge is 0.415 e. The van der Waals surface area contributed by atoms with Gasteiger partial charge < -0.3 is 19.9 Å². The van der Waals surface area contributed by atoms with Crippen molar-refractivity contribution in [3.8, 4) is 5.75 Å². The highest BCUT2D eigenvalue weighted by Gasteiger charge is 2.26. The molecule has 1 aliphatic heterocycles. The lowest BCUT2D eigenvalue weighted by Gasteiger charge is -2.30. The maximum absolute atomic E-state index is 12.6. The second-order valence-electron chi connectivity index (χ2n) is 9.68. The SMILES string of the molecule is CCN(CC)c1ncc(N(C(C)C)S(C)(=O)=O)c(N[C@H](C)Cc2ccc(OC(=O)N3CCCC3)cc2)n1. The van der Waals surface area contributed by atoms with Crippen LogP contribution in [0.3, 0.4) is 0 Å². The summed E-state index contributed by atoms with van der Waals surface area (Å²) < 4.78 is 32.1. The summed E-state index contributed by atoms with van der Waals surface area (Å²) in [5.74, 6) is 1.54. The minimum absolute atomic E-state index is 0.0650. The number of amides is 1. The van der Waals surface area contributed by atoms with Crippen LogP contribution in [-0.2, 0) is 16.4 Å². The Morgan fingerprint density at radius 1 is 1.11 bits per heavy atom. The van der Waals surface area contributed by atoms with Crippen molar-refractivity contribution < 1.29 is 17.9 Å². The molecule has 1 atom stereocenters. The molecule has 10 nitrogen and oxygen atoms in total. The fourth-order valence-electron chi connectivity index (χ4n) is 4.53. The zero-order valence-electron chi connectivity index (χ0n) is 22.8. The van der Waals surface area contributed by atoms with Crippen LogP contribution in [0.4, 0.5) is 22.2 Å². The van der Waals surface area contributed by atoms with E-state index in [0.29, 0.717) is 29.6 Å². The molecule has 0 spiro atoms. The molecule has 0 bridgehead atoms. The number of carbonyl (C=O) groups is 1. The van der Waals surface area contributed by atoms with Gasteiger partial charge in [-0.3, -0.25) is 4.31 Å². The van der Waals surface area contributed by atoms with Gasteiger partial charge in [0.1, 0.15) is 11.4 Å². The van der Waals surface area contributed by atoms with Crippen LogP contribution in [-0.4, -0.2) is 73.9 Å². The molecule has 2 heterocycles. The van der Waals surface area contributed by atoms with Gasteiger partial charge in [-0.2, -0.15) is 4.98 Å². The highest BCUT2D eigenvalue weighted by atomic mass is 32.2. The summed E-state index contributed by atoms with van der Waals surface area (Å²) >= 11 is 0. The molecular weight excluding hydrogens is 492 g/mol. The Balaban J connectivity index is 1.78. The van der Waals surface area contributed by atoms with E-state index in [9.17, 15) is 13.2 Å². The molecule has 204 valence electrons. The fraction of sp³-hybridized carbons (Fsp3) is 0.577. The summed E-state index contributed by atoms with van der Waals surface area (Å²) in [7, 11) is -3.54. The Morgan fingerprint density at radius 2 is 1.73 bits per heavy atom. The van der Waals surface area contributed by atoms with Crippen molar-refractivity contribution >= 4 is 33.6 Å². The average Bonchev–Trinajstić information content (AvgIpc) is 3.37. The van der Waals surface area contributed by atoms with E-state index in [0.717, 1.165) is 44.6 Å². The molecule has 37 heavy (non-hydrogen) atoms. The second kappa shape index (κ2) is 12.4. The van der Waals surface area contributed by atoms with Crippen molar-refractivity contribution in [2.45, 2.75) is 66.0 Å². The predicted molar refractivity (Wildman–Crippen MR) is 148 cm³/mol. The van der Waals surface area contributed by atoms with E-state index in [-0.39, 0.29) is 18.2 Å². The lowest BCUT2D eigenvalue weighted by atomic mass is 10.1. The topological polar surface area (TPSA) is 108 Å². The van der Waals surface area contributed by atoms with Gasteiger partial charge >= 0.3 is 6.09 Å². The number of likely N-dealkylation sites (tertiary alicyclic amines) is 1. The summed E-state index contributed by atoms with van der Waals surface area (Å²) in [6.45, 7) is 12.7. The van der Waals surface area contributed by atoms with Crippen molar-refractivity contribution in [2.75, 3.05) is 47.0 Å². The molecule has 1 aliphatic rings. The number of ether oxygens (including phenoxy) is 1. The first-order chi connectivity index (χ1) is 17.5. The summed E-state index contributed by atoms with van der Waals surface area (Å²) in [5, 5.41) is 3.42. The molecule has 2 aromatic rings. The number of carbonyl (C=O) groups excluding carboxylic acids is 1. The van der Waals surface area contributed by atoms with E-state index in [1.807, 2.05) is 51.7 Å². The zero-order valence-corrected chi connectivity index (χ0v) is 23.6. The Labute approximate surface area is 221 Å². The quantitative estimate of drug-likeness (QED) is 0.460. The Hall–Kier alpha value is -3.08. The molecule has 0 unspecified atom stereocenters. The molecular formula is C26H40N6O4S. The molecule has 1 saturated heterocycles. The van der Waals surface area contributed by atoms with Crippen molar-refractivity contribution in [2.24, 2.45) is 0 Å². The number of rotatable bonds is 11.